The molecule has 0 atom stereocenters. The third kappa shape index (κ3) is 11.4. The third-order valence-electron chi connectivity index (χ3n) is 1.79. The maximum atomic E-state index is 11.0. The Morgan fingerprint density at radius 2 is 1.93 bits per heavy atom. The average molecular weight is 264 g/mol. The number of rotatable bonds is 6. The largest absolute Gasteiger partial charge is 0.390 e. The van der Waals surface area contributed by atoms with Gasteiger partial charge in [-0.05, 0) is 12.3 Å². The van der Waals surface area contributed by atoms with Gasteiger partial charge in [0.1, 0.15) is 0 Å². The standard InChI is InChI=1S/C11H18O3.Zn/c1-4-10(12)14-11(13)8-6-5-7-9(2)3;/h4,9H,1,5-8H2,2-3H3;. The monoisotopic (exact) mass is 262 g/mol. The van der Waals surface area contributed by atoms with Gasteiger partial charge in [-0.25, -0.2) is 4.79 Å². The molecule has 0 aliphatic heterocycles. The van der Waals surface area contributed by atoms with Crippen LogP contribution in [-0.2, 0) is 33.8 Å². The van der Waals surface area contributed by atoms with E-state index in [0.29, 0.717) is 12.3 Å². The first-order chi connectivity index (χ1) is 6.56. The molecule has 0 unspecified atom stereocenters. The van der Waals surface area contributed by atoms with E-state index >= 15 is 0 Å². The first kappa shape index (κ1) is 16.9. The average Bonchev–Trinajstić information content (AvgIpc) is 2.12. The second-order valence-corrected chi connectivity index (χ2v) is 3.64. The molecule has 0 amide bonds. The summed E-state index contributed by atoms with van der Waals surface area (Å²) in [5.41, 5.74) is 0. The van der Waals surface area contributed by atoms with Gasteiger partial charge in [0.15, 0.2) is 0 Å². The number of unbranched alkanes of at least 4 members (excludes halogenated alkanes) is 1. The van der Waals surface area contributed by atoms with E-state index in [1.165, 1.54) is 0 Å². The van der Waals surface area contributed by atoms with Gasteiger partial charge in [0.25, 0.3) is 0 Å². The minimum Gasteiger partial charge on any atom is -0.390 e. The molecule has 0 aromatic rings. The molecule has 0 saturated heterocycles. The molecule has 82 valence electrons. The van der Waals surface area contributed by atoms with Crippen molar-refractivity contribution in [3.05, 3.63) is 12.7 Å². The van der Waals surface area contributed by atoms with Gasteiger partial charge >= 0.3 is 11.9 Å². The molecule has 0 radical (unpaired) electrons. The summed E-state index contributed by atoms with van der Waals surface area (Å²) in [6, 6.07) is 0. The minimum atomic E-state index is -0.668. The smallest absolute Gasteiger partial charge is 0.337 e. The number of carbonyl (C=O) groups is 2. The fourth-order valence-electron chi connectivity index (χ4n) is 1.03. The molecule has 0 aliphatic rings. The van der Waals surface area contributed by atoms with Crippen LogP contribution in [0.15, 0.2) is 12.7 Å². The second kappa shape index (κ2) is 10.0. The van der Waals surface area contributed by atoms with Gasteiger partial charge in [0, 0.05) is 32.0 Å². The van der Waals surface area contributed by atoms with Crippen molar-refractivity contribution in [2.75, 3.05) is 0 Å². The van der Waals surface area contributed by atoms with E-state index in [2.05, 4.69) is 25.2 Å². The number of carbonyl (C=O) groups excluding carboxylic acids is 2. The second-order valence-electron chi connectivity index (χ2n) is 3.64. The van der Waals surface area contributed by atoms with Gasteiger partial charge in [0.2, 0.25) is 0 Å². The molecule has 0 spiro atoms. The SMILES string of the molecule is C=CC(=O)OC(=O)CCCCC(C)C.[Zn]. The summed E-state index contributed by atoms with van der Waals surface area (Å²) in [4.78, 5) is 21.6. The molecular formula is C11H18O3Zn. The summed E-state index contributed by atoms with van der Waals surface area (Å²) >= 11 is 0. The number of esters is 2. The van der Waals surface area contributed by atoms with Crippen molar-refractivity contribution in [2.45, 2.75) is 39.5 Å². The number of hydrogen-bond acceptors (Lipinski definition) is 3. The van der Waals surface area contributed by atoms with E-state index in [9.17, 15) is 9.59 Å². The Bertz CT molecular complexity index is 212. The number of hydrogen-bond donors (Lipinski definition) is 0. The Kier molecular flexibility index (Phi) is 11.3. The molecule has 0 saturated carbocycles. The van der Waals surface area contributed by atoms with Gasteiger partial charge in [-0.1, -0.05) is 33.3 Å². The first-order valence-corrected chi connectivity index (χ1v) is 4.93. The zero-order valence-corrected chi connectivity index (χ0v) is 12.6. The maximum absolute atomic E-state index is 11.0. The van der Waals surface area contributed by atoms with Crippen LogP contribution in [0.2, 0.25) is 0 Å². The normalized spacial score (nSPS) is 9.27. The van der Waals surface area contributed by atoms with Crippen molar-refractivity contribution in [1.29, 1.82) is 0 Å². The van der Waals surface area contributed by atoms with Crippen molar-refractivity contribution in [3.8, 4) is 0 Å². The fraction of sp³-hybridized carbons (Fsp3) is 0.636. The minimum absolute atomic E-state index is 0. The molecular weight excluding hydrogens is 246 g/mol. The molecule has 0 aliphatic carbocycles. The van der Waals surface area contributed by atoms with Gasteiger partial charge < -0.3 is 4.74 Å². The summed E-state index contributed by atoms with van der Waals surface area (Å²) < 4.78 is 4.41. The fourth-order valence-corrected chi connectivity index (χ4v) is 1.03. The van der Waals surface area contributed by atoms with Gasteiger partial charge in [0.05, 0.1) is 0 Å². The molecule has 0 bridgehead atoms. The predicted molar refractivity (Wildman–Crippen MR) is 54.6 cm³/mol. The van der Waals surface area contributed by atoms with Crippen molar-refractivity contribution in [1.82, 2.24) is 0 Å². The van der Waals surface area contributed by atoms with Crippen molar-refractivity contribution in [2.24, 2.45) is 5.92 Å². The van der Waals surface area contributed by atoms with Crippen LogP contribution in [0.4, 0.5) is 0 Å². The summed E-state index contributed by atoms with van der Waals surface area (Å²) in [6.07, 6.45) is 4.18. The molecule has 15 heavy (non-hydrogen) atoms. The Hall–Kier alpha value is -0.497. The van der Waals surface area contributed by atoms with Gasteiger partial charge in [-0.15, -0.1) is 0 Å². The summed E-state index contributed by atoms with van der Waals surface area (Å²) in [7, 11) is 0. The van der Waals surface area contributed by atoms with Gasteiger partial charge in [-0.2, -0.15) is 0 Å². The molecule has 3 nitrogen and oxygen atoms in total. The molecule has 0 rings (SSSR count). The molecule has 0 N–H and O–H groups in total. The van der Waals surface area contributed by atoms with Crippen molar-refractivity contribution in [3.63, 3.8) is 0 Å². The zero-order valence-electron chi connectivity index (χ0n) is 9.62. The Balaban J connectivity index is 0. The molecule has 0 heterocycles. The quantitative estimate of drug-likeness (QED) is 0.243. The van der Waals surface area contributed by atoms with Crippen LogP contribution in [0.25, 0.3) is 0 Å². The van der Waals surface area contributed by atoms with E-state index in [4.69, 9.17) is 0 Å². The molecule has 0 aromatic heterocycles. The summed E-state index contributed by atoms with van der Waals surface area (Å²) in [6.45, 7) is 7.48. The Morgan fingerprint density at radius 3 is 2.40 bits per heavy atom. The first-order valence-electron chi connectivity index (χ1n) is 4.93. The Labute approximate surface area is 104 Å². The molecule has 0 fully saturated rings. The van der Waals surface area contributed by atoms with Crippen molar-refractivity contribution >= 4 is 11.9 Å². The van der Waals surface area contributed by atoms with Crippen LogP contribution in [0.5, 0.6) is 0 Å². The van der Waals surface area contributed by atoms with E-state index in [1.807, 2.05) is 0 Å². The van der Waals surface area contributed by atoms with Crippen LogP contribution >= 0.6 is 0 Å². The van der Waals surface area contributed by atoms with Crippen LogP contribution in [-0.4, -0.2) is 11.9 Å². The molecule has 4 heteroatoms. The number of ether oxygens (including phenoxy) is 1. The third-order valence-corrected chi connectivity index (χ3v) is 1.79. The van der Waals surface area contributed by atoms with E-state index in [0.717, 1.165) is 25.3 Å². The van der Waals surface area contributed by atoms with Crippen LogP contribution in [0.3, 0.4) is 0 Å². The maximum Gasteiger partial charge on any atom is 0.337 e. The van der Waals surface area contributed by atoms with Crippen molar-refractivity contribution < 1.29 is 33.8 Å². The Morgan fingerprint density at radius 1 is 1.33 bits per heavy atom. The molecule has 0 aromatic carbocycles. The summed E-state index contributed by atoms with van der Waals surface area (Å²) in [5.74, 6) is -0.474. The van der Waals surface area contributed by atoms with E-state index in [-0.39, 0.29) is 19.5 Å². The van der Waals surface area contributed by atoms with Crippen LogP contribution < -0.4 is 0 Å². The predicted octanol–water partition coefficient (Wildman–Crippen LogP) is 2.46. The van der Waals surface area contributed by atoms with Gasteiger partial charge in [-0.3, -0.25) is 4.79 Å². The summed E-state index contributed by atoms with van der Waals surface area (Å²) in [5, 5.41) is 0. The van der Waals surface area contributed by atoms with E-state index in [1.54, 1.807) is 0 Å². The van der Waals surface area contributed by atoms with Crippen LogP contribution in [0.1, 0.15) is 39.5 Å². The zero-order chi connectivity index (χ0) is 11.0. The topological polar surface area (TPSA) is 43.4 Å². The van der Waals surface area contributed by atoms with Crippen LogP contribution in [0, 0.1) is 5.92 Å². The van der Waals surface area contributed by atoms with E-state index < -0.39 is 11.9 Å².